The number of hydrogen-bond acceptors (Lipinski definition) is 3. The summed E-state index contributed by atoms with van der Waals surface area (Å²) in [5.41, 5.74) is 3.04. The Balaban J connectivity index is 2.21. The third-order valence-electron chi connectivity index (χ3n) is 3.23. The number of oxazole rings is 1. The summed E-state index contributed by atoms with van der Waals surface area (Å²) in [5.74, 6) is 0.850. The zero-order chi connectivity index (χ0) is 14.7. The Morgan fingerprint density at radius 3 is 2.50 bits per heavy atom. The van der Waals surface area contributed by atoms with Crippen LogP contribution in [0.15, 0.2) is 28.7 Å². The number of nitrogens with zero attached hydrogens (tertiary/aromatic N) is 1. The Labute approximate surface area is 118 Å². The van der Waals surface area contributed by atoms with Crippen molar-refractivity contribution in [3.8, 4) is 11.3 Å². The van der Waals surface area contributed by atoms with E-state index in [1.54, 1.807) is 0 Å². The van der Waals surface area contributed by atoms with E-state index < -0.39 is 5.97 Å². The standard InChI is InChI=1S/C16H19NO3/c1-10(2)12-4-6-13(7-5-12)16-11(3)17-14(20-16)8-9-15(18)19/h4-7,10H,8-9H2,1-3H3,(H,18,19). The van der Waals surface area contributed by atoms with Gasteiger partial charge < -0.3 is 9.52 Å². The van der Waals surface area contributed by atoms with Crippen molar-refractivity contribution in [3.63, 3.8) is 0 Å². The molecule has 0 amide bonds. The van der Waals surface area contributed by atoms with Crippen molar-refractivity contribution in [2.24, 2.45) is 0 Å². The first-order chi connectivity index (χ1) is 9.47. The highest BCUT2D eigenvalue weighted by Gasteiger charge is 2.13. The van der Waals surface area contributed by atoms with E-state index in [2.05, 4.69) is 31.0 Å². The molecular weight excluding hydrogens is 254 g/mol. The topological polar surface area (TPSA) is 63.3 Å². The number of benzene rings is 1. The van der Waals surface area contributed by atoms with Gasteiger partial charge in [0.05, 0.1) is 12.1 Å². The second-order valence-electron chi connectivity index (χ2n) is 5.19. The summed E-state index contributed by atoms with van der Waals surface area (Å²) >= 11 is 0. The molecule has 1 heterocycles. The smallest absolute Gasteiger partial charge is 0.303 e. The van der Waals surface area contributed by atoms with Crippen LogP contribution in [-0.2, 0) is 11.2 Å². The van der Waals surface area contributed by atoms with Crippen molar-refractivity contribution in [1.82, 2.24) is 4.98 Å². The van der Waals surface area contributed by atoms with E-state index >= 15 is 0 Å². The van der Waals surface area contributed by atoms with E-state index in [4.69, 9.17) is 9.52 Å². The van der Waals surface area contributed by atoms with E-state index in [9.17, 15) is 4.79 Å². The number of hydrogen-bond donors (Lipinski definition) is 1. The van der Waals surface area contributed by atoms with Gasteiger partial charge in [-0.1, -0.05) is 38.1 Å². The van der Waals surface area contributed by atoms with E-state index in [-0.39, 0.29) is 6.42 Å². The number of aromatic nitrogens is 1. The normalized spacial score (nSPS) is 11.0. The maximum absolute atomic E-state index is 10.6. The molecule has 0 saturated heterocycles. The van der Waals surface area contributed by atoms with Crippen molar-refractivity contribution in [2.45, 2.75) is 39.5 Å². The fourth-order valence-corrected chi connectivity index (χ4v) is 2.06. The van der Waals surface area contributed by atoms with E-state index in [1.807, 2.05) is 19.1 Å². The molecule has 106 valence electrons. The predicted molar refractivity (Wildman–Crippen MR) is 76.7 cm³/mol. The Kier molecular flexibility index (Phi) is 4.23. The second kappa shape index (κ2) is 5.90. The average molecular weight is 273 g/mol. The first-order valence-electron chi connectivity index (χ1n) is 6.76. The summed E-state index contributed by atoms with van der Waals surface area (Å²) in [4.78, 5) is 14.9. The highest BCUT2D eigenvalue weighted by Crippen LogP contribution is 2.26. The van der Waals surface area contributed by atoms with Crippen LogP contribution in [0, 0.1) is 6.92 Å². The molecular formula is C16H19NO3. The molecule has 1 N–H and O–H groups in total. The molecule has 0 bridgehead atoms. The van der Waals surface area contributed by atoms with Gasteiger partial charge in [-0.05, 0) is 18.4 Å². The summed E-state index contributed by atoms with van der Waals surface area (Å²) in [6.07, 6.45) is 0.353. The van der Waals surface area contributed by atoms with Crippen LogP contribution in [0.3, 0.4) is 0 Å². The molecule has 0 aliphatic carbocycles. The fraction of sp³-hybridized carbons (Fsp3) is 0.375. The molecule has 2 aromatic rings. The molecule has 0 saturated carbocycles. The first-order valence-corrected chi connectivity index (χ1v) is 6.76. The highest BCUT2D eigenvalue weighted by atomic mass is 16.4. The van der Waals surface area contributed by atoms with Gasteiger partial charge in [-0.15, -0.1) is 0 Å². The zero-order valence-electron chi connectivity index (χ0n) is 12.0. The van der Waals surface area contributed by atoms with Crippen LogP contribution in [0.2, 0.25) is 0 Å². The van der Waals surface area contributed by atoms with Gasteiger partial charge in [-0.3, -0.25) is 4.79 Å². The Morgan fingerprint density at radius 2 is 1.95 bits per heavy atom. The van der Waals surface area contributed by atoms with Crippen molar-refractivity contribution >= 4 is 5.97 Å². The van der Waals surface area contributed by atoms with Crippen LogP contribution in [0.25, 0.3) is 11.3 Å². The quantitative estimate of drug-likeness (QED) is 0.900. The number of aliphatic carboxylic acids is 1. The molecule has 0 fully saturated rings. The van der Waals surface area contributed by atoms with Gasteiger partial charge in [0.2, 0.25) is 0 Å². The minimum Gasteiger partial charge on any atom is -0.481 e. The van der Waals surface area contributed by atoms with Gasteiger partial charge in [0.25, 0.3) is 0 Å². The van der Waals surface area contributed by atoms with Crippen LogP contribution in [0.1, 0.15) is 43.3 Å². The SMILES string of the molecule is Cc1nc(CCC(=O)O)oc1-c1ccc(C(C)C)cc1. The highest BCUT2D eigenvalue weighted by molar-refractivity contribution is 5.67. The van der Waals surface area contributed by atoms with Gasteiger partial charge in [0.1, 0.15) is 0 Å². The third kappa shape index (κ3) is 3.26. The second-order valence-corrected chi connectivity index (χ2v) is 5.19. The summed E-state index contributed by atoms with van der Waals surface area (Å²) in [5, 5.41) is 8.68. The van der Waals surface area contributed by atoms with Gasteiger partial charge in [0.15, 0.2) is 11.7 Å². The average Bonchev–Trinajstić information content (AvgIpc) is 2.78. The molecule has 1 aromatic carbocycles. The van der Waals surface area contributed by atoms with Gasteiger partial charge in [0, 0.05) is 12.0 Å². The van der Waals surface area contributed by atoms with Crippen molar-refractivity contribution in [3.05, 3.63) is 41.4 Å². The monoisotopic (exact) mass is 273 g/mol. The molecule has 0 aliphatic heterocycles. The molecule has 0 spiro atoms. The number of aryl methyl sites for hydroxylation is 2. The van der Waals surface area contributed by atoms with Crippen LogP contribution in [0.4, 0.5) is 0 Å². The van der Waals surface area contributed by atoms with E-state index in [0.29, 0.717) is 18.2 Å². The predicted octanol–water partition coefficient (Wildman–Crippen LogP) is 3.79. The van der Waals surface area contributed by atoms with Gasteiger partial charge in [-0.2, -0.15) is 0 Å². The lowest BCUT2D eigenvalue weighted by molar-refractivity contribution is -0.137. The summed E-state index contributed by atoms with van der Waals surface area (Å²) in [6, 6.07) is 8.20. The maximum atomic E-state index is 10.6. The summed E-state index contributed by atoms with van der Waals surface area (Å²) in [6.45, 7) is 6.18. The minimum atomic E-state index is -0.844. The van der Waals surface area contributed by atoms with E-state index in [0.717, 1.165) is 17.0 Å². The molecule has 1 aromatic heterocycles. The Bertz CT molecular complexity index is 597. The first kappa shape index (κ1) is 14.3. The van der Waals surface area contributed by atoms with Crippen LogP contribution in [0.5, 0.6) is 0 Å². The zero-order valence-corrected chi connectivity index (χ0v) is 12.0. The summed E-state index contributed by atoms with van der Waals surface area (Å²) in [7, 11) is 0. The molecule has 0 radical (unpaired) electrons. The molecule has 4 nitrogen and oxygen atoms in total. The lowest BCUT2D eigenvalue weighted by Crippen LogP contribution is -1.97. The molecule has 20 heavy (non-hydrogen) atoms. The maximum Gasteiger partial charge on any atom is 0.303 e. The molecule has 4 heteroatoms. The van der Waals surface area contributed by atoms with Crippen LogP contribution < -0.4 is 0 Å². The lowest BCUT2D eigenvalue weighted by Gasteiger charge is -2.05. The Hall–Kier alpha value is -2.10. The third-order valence-corrected chi connectivity index (χ3v) is 3.23. The fourth-order valence-electron chi connectivity index (χ4n) is 2.06. The molecule has 2 rings (SSSR count). The van der Waals surface area contributed by atoms with Crippen molar-refractivity contribution in [1.29, 1.82) is 0 Å². The van der Waals surface area contributed by atoms with Gasteiger partial charge >= 0.3 is 5.97 Å². The number of carbonyl (C=O) groups is 1. The molecule has 0 atom stereocenters. The molecule has 0 aliphatic rings. The van der Waals surface area contributed by atoms with Crippen LogP contribution >= 0.6 is 0 Å². The molecule has 0 unspecified atom stereocenters. The van der Waals surface area contributed by atoms with Gasteiger partial charge in [-0.25, -0.2) is 4.98 Å². The van der Waals surface area contributed by atoms with Crippen molar-refractivity contribution < 1.29 is 14.3 Å². The number of carboxylic acids is 1. The Morgan fingerprint density at radius 1 is 1.30 bits per heavy atom. The lowest BCUT2D eigenvalue weighted by atomic mass is 10.0. The number of carboxylic acid groups (broad SMARTS) is 1. The van der Waals surface area contributed by atoms with Crippen LogP contribution in [-0.4, -0.2) is 16.1 Å². The van der Waals surface area contributed by atoms with E-state index in [1.165, 1.54) is 5.56 Å². The largest absolute Gasteiger partial charge is 0.481 e. The summed E-state index contributed by atoms with van der Waals surface area (Å²) < 4.78 is 5.68. The minimum absolute atomic E-state index is 0.0334. The number of rotatable bonds is 5. The van der Waals surface area contributed by atoms with Crippen molar-refractivity contribution in [2.75, 3.05) is 0 Å².